The summed E-state index contributed by atoms with van der Waals surface area (Å²) in [5.74, 6) is 2.30. The van der Waals surface area contributed by atoms with Crippen molar-refractivity contribution < 1.29 is 0 Å². The third-order valence-electron chi connectivity index (χ3n) is 3.01. The van der Waals surface area contributed by atoms with Crippen molar-refractivity contribution in [2.24, 2.45) is 0 Å². The molecule has 3 heterocycles. The zero-order chi connectivity index (χ0) is 14.1. The number of rotatable bonds is 4. The zero-order valence-corrected chi connectivity index (χ0v) is 11.6. The molecule has 3 aromatic heterocycles. The maximum Gasteiger partial charge on any atom is 0.254 e. The predicted octanol–water partition coefficient (Wildman–Crippen LogP) is 1.22. The molecule has 0 aromatic carbocycles. The quantitative estimate of drug-likeness (QED) is 0.768. The summed E-state index contributed by atoms with van der Waals surface area (Å²) >= 11 is 0. The Morgan fingerprint density at radius 2 is 2.20 bits per heavy atom. The minimum absolute atomic E-state index is 0.326. The van der Waals surface area contributed by atoms with Gasteiger partial charge in [-0.3, -0.25) is 0 Å². The Kier molecular flexibility index (Phi) is 3.05. The van der Waals surface area contributed by atoms with Gasteiger partial charge in [0.05, 0.1) is 6.54 Å². The number of aromatic nitrogens is 7. The van der Waals surface area contributed by atoms with Gasteiger partial charge in [-0.15, -0.1) is 10.2 Å². The van der Waals surface area contributed by atoms with Crippen LogP contribution in [0.3, 0.4) is 0 Å². The van der Waals surface area contributed by atoms with Crippen LogP contribution < -0.4 is 5.32 Å². The molecule has 0 bridgehead atoms. The van der Waals surface area contributed by atoms with Gasteiger partial charge in [0, 0.05) is 17.8 Å². The molecule has 0 fully saturated rings. The van der Waals surface area contributed by atoms with E-state index >= 15 is 0 Å². The minimum atomic E-state index is 0.326. The van der Waals surface area contributed by atoms with E-state index in [0.29, 0.717) is 18.4 Å². The van der Waals surface area contributed by atoms with Gasteiger partial charge in [-0.25, -0.2) is 4.98 Å². The van der Waals surface area contributed by atoms with Crippen molar-refractivity contribution in [1.82, 2.24) is 34.3 Å². The van der Waals surface area contributed by atoms with Gasteiger partial charge in [-0.05, 0) is 20.8 Å². The first-order chi connectivity index (χ1) is 9.65. The summed E-state index contributed by atoms with van der Waals surface area (Å²) in [5, 5.41) is 15.5. The van der Waals surface area contributed by atoms with Crippen LogP contribution in [0, 0.1) is 6.92 Å². The third kappa shape index (κ3) is 2.20. The zero-order valence-electron chi connectivity index (χ0n) is 11.6. The highest BCUT2D eigenvalue weighted by molar-refractivity contribution is 5.44. The Hall–Kier alpha value is -2.51. The summed E-state index contributed by atoms with van der Waals surface area (Å²) in [4.78, 5) is 8.40. The van der Waals surface area contributed by atoms with Gasteiger partial charge in [0.15, 0.2) is 5.82 Å². The number of hydrogen-bond donors (Lipinski definition) is 1. The molecule has 0 spiro atoms. The predicted molar refractivity (Wildman–Crippen MR) is 73.3 cm³/mol. The van der Waals surface area contributed by atoms with Gasteiger partial charge in [-0.2, -0.15) is 14.6 Å². The van der Waals surface area contributed by atoms with Crippen LogP contribution >= 0.6 is 0 Å². The van der Waals surface area contributed by atoms with Gasteiger partial charge in [0.1, 0.15) is 18.5 Å². The number of fused-ring (bicyclic) bond motifs is 1. The molecule has 0 saturated carbocycles. The second-order valence-corrected chi connectivity index (χ2v) is 4.86. The summed E-state index contributed by atoms with van der Waals surface area (Å²) < 4.78 is 3.70. The van der Waals surface area contributed by atoms with Crippen molar-refractivity contribution in [3.8, 4) is 0 Å². The van der Waals surface area contributed by atoms with Gasteiger partial charge in [-0.1, -0.05) is 0 Å². The standard InChI is InChI=1S/C12H16N8/c1-8(2)19-7-15-18-11(19)5-13-10-4-9(3)17-12-14-6-16-20(10)12/h4,6-8,13H,5H2,1-3H3. The Bertz CT molecular complexity index is 726. The highest BCUT2D eigenvalue weighted by Crippen LogP contribution is 2.12. The number of nitrogens with zero attached hydrogens (tertiary/aromatic N) is 7. The van der Waals surface area contributed by atoms with Crippen LogP contribution in [-0.2, 0) is 6.54 Å². The van der Waals surface area contributed by atoms with E-state index in [0.717, 1.165) is 17.3 Å². The fourth-order valence-electron chi connectivity index (χ4n) is 2.05. The molecule has 0 saturated heterocycles. The summed E-state index contributed by atoms with van der Waals surface area (Å²) in [7, 11) is 0. The fourth-order valence-corrected chi connectivity index (χ4v) is 2.05. The largest absolute Gasteiger partial charge is 0.363 e. The van der Waals surface area contributed by atoms with Crippen molar-refractivity contribution in [3.05, 3.63) is 30.2 Å². The topological polar surface area (TPSA) is 85.8 Å². The molecule has 0 atom stereocenters. The summed E-state index contributed by atoms with van der Waals surface area (Å²) in [6.07, 6.45) is 3.23. The smallest absolute Gasteiger partial charge is 0.254 e. The van der Waals surface area contributed by atoms with Crippen LogP contribution in [0.15, 0.2) is 18.7 Å². The lowest BCUT2D eigenvalue weighted by Gasteiger charge is -2.12. The summed E-state index contributed by atoms with van der Waals surface area (Å²) in [6, 6.07) is 2.25. The molecule has 8 heteroatoms. The van der Waals surface area contributed by atoms with Gasteiger partial charge in [0.25, 0.3) is 5.78 Å². The Morgan fingerprint density at radius 3 is 3.00 bits per heavy atom. The first-order valence-electron chi connectivity index (χ1n) is 6.45. The maximum atomic E-state index is 4.30. The van der Waals surface area contributed by atoms with E-state index in [9.17, 15) is 0 Å². The summed E-state index contributed by atoms with van der Waals surface area (Å²) in [6.45, 7) is 6.69. The van der Waals surface area contributed by atoms with Crippen molar-refractivity contribution in [2.75, 3.05) is 5.32 Å². The minimum Gasteiger partial charge on any atom is -0.363 e. The van der Waals surface area contributed by atoms with Crippen LogP contribution in [0.2, 0.25) is 0 Å². The van der Waals surface area contributed by atoms with Crippen molar-refractivity contribution in [1.29, 1.82) is 0 Å². The Balaban J connectivity index is 1.86. The van der Waals surface area contributed by atoms with E-state index in [-0.39, 0.29) is 0 Å². The molecule has 0 radical (unpaired) electrons. The van der Waals surface area contributed by atoms with E-state index in [4.69, 9.17) is 0 Å². The first-order valence-corrected chi connectivity index (χ1v) is 6.45. The van der Waals surface area contributed by atoms with E-state index in [1.165, 1.54) is 6.33 Å². The van der Waals surface area contributed by atoms with E-state index < -0.39 is 0 Å². The molecule has 0 aliphatic carbocycles. The second-order valence-electron chi connectivity index (χ2n) is 4.86. The van der Waals surface area contributed by atoms with Crippen molar-refractivity contribution in [2.45, 2.75) is 33.4 Å². The number of hydrogen-bond acceptors (Lipinski definition) is 6. The molecule has 3 aromatic rings. The average molecular weight is 272 g/mol. The monoisotopic (exact) mass is 272 g/mol. The number of anilines is 1. The van der Waals surface area contributed by atoms with Crippen molar-refractivity contribution in [3.63, 3.8) is 0 Å². The van der Waals surface area contributed by atoms with E-state index in [2.05, 4.69) is 44.4 Å². The van der Waals surface area contributed by atoms with E-state index in [1.54, 1.807) is 10.8 Å². The molecule has 104 valence electrons. The average Bonchev–Trinajstić information content (AvgIpc) is 3.03. The highest BCUT2D eigenvalue weighted by Gasteiger charge is 2.09. The molecule has 0 aliphatic heterocycles. The van der Waals surface area contributed by atoms with Gasteiger partial charge in [0.2, 0.25) is 0 Å². The number of aryl methyl sites for hydroxylation is 1. The molecule has 1 N–H and O–H groups in total. The lowest BCUT2D eigenvalue weighted by atomic mass is 10.4. The molecule has 20 heavy (non-hydrogen) atoms. The SMILES string of the molecule is Cc1cc(NCc2nncn2C(C)C)n2ncnc2n1. The normalized spacial score (nSPS) is 11.4. The number of nitrogens with one attached hydrogen (secondary N) is 1. The fraction of sp³-hybridized carbons (Fsp3) is 0.417. The lowest BCUT2D eigenvalue weighted by molar-refractivity contribution is 0.571. The van der Waals surface area contributed by atoms with Crippen LogP contribution in [0.25, 0.3) is 5.78 Å². The van der Waals surface area contributed by atoms with Crippen molar-refractivity contribution >= 4 is 11.6 Å². The molecule has 3 rings (SSSR count). The van der Waals surface area contributed by atoms with Crippen LogP contribution in [0.4, 0.5) is 5.82 Å². The molecular formula is C12H16N8. The van der Waals surface area contributed by atoms with Crippen LogP contribution in [0.1, 0.15) is 31.4 Å². The Labute approximate surface area is 115 Å². The lowest BCUT2D eigenvalue weighted by Crippen LogP contribution is -2.12. The van der Waals surface area contributed by atoms with Gasteiger partial charge >= 0.3 is 0 Å². The summed E-state index contributed by atoms with van der Waals surface area (Å²) in [5.41, 5.74) is 0.887. The molecule has 0 amide bonds. The molecule has 0 unspecified atom stereocenters. The van der Waals surface area contributed by atoms with Crippen LogP contribution in [-0.4, -0.2) is 34.3 Å². The maximum absolute atomic E-state index is 4.30. The highest BCUT2D eigenvalue weighted by atomic mass is 15.4. The second kappa shape index (κ2) is 4.87. The third-order valence-corrected chi connectivity index (χ3v) is 3.01. The van der Waals surface area contributed by atoms with Crippen LogP contribution in [0.5, 0.6) is 0 Å². The Morgan fingerprint density at radius 1 is 1.35 bits per heavy atom. The van der Waals surface area contributed by atoms with E-state index in [1.807, 2.05) is 17.6 Å². The van der Waals surface area contributed by atoms with Gasteiger partial charge < -0.3 is 9.88 Å². The molecule has 0 aliphatic rings. The first kappa shape index (κ1) is 12.5. The molecule has 8 nitrogen and oxygen atoms in total. The molecular weight excluding hydrogens is 256 g/mol.